The molecule has 154 valence electrons. The van der Waals surface area contributed by atoms with E-state index in [1.165, 1.54) is 4.90 Å². The molecule has 0 radical (unpaired) electrons. The average molecular weight is 396 g/mol. The zero-order valence-electron chi connectivity index (χ0n) is 16.8. The Bertz CT molecular complexity index is 776. The number of likely N-dealkylation sites (N-methyl/N-ethyl adjacent to an activating group) is 1. The van der Waals surface area contributed by atoms with Gasteiger partial charge in [0.1, 0.15) is 6.61 Å². The molecule has 2 aromatic carbocycles. The molecule has 3 rings (SSSR count). The van der Waals surface area contributed by atoms with E-state index in [0.717, 1.165) is 31.5 Å². The molecule has 1 saturated heterocycles. The summed E-state index contributed by atoms with van der Waals surface area (Å²) in [6.45, 7) is 1.98. The van der Waals surface area contributed by atoms with E-state index in [-0.39, 0.29) is 30.9 Å². The van der Waals surface area contributed by atoms with Gasteiger partial charge in [0.15, 0.2) is 5.78 Å². The van der Waals surface area contributed by atoms with E-state index in [0.29, 0.717) is 5.69 Å². The minimum atomic E-state index is -0.520. The molecule has 0 bridgehead atoms. The quantitative estimate of drug-likeness (QED) is 0.719. The van der Waals surface area contributed by atoms with E-state index in [4.69, 9.17) is 4.74 Å². The first kappa shape index (κ1) is 21.0. The molecule has 1 unspecified atom stereocenters. The van der Waals surface area contributed by atoms with Crippen molar-refractivity contribution >= 4 is 17.6 Å². The summed E-state index contributed by atoms with van der Waals surface area (Å²) >= 11 is 0. The third-order valence-corrected chi connectivity index (χ3v) is 5.32. The van der Waals surface area contributed by atoms with Crippen molar-refractivity contribution in [3.63, 3.8) is 0 Å². The highest BCUT2D eigenvalue weighted by Crippen LogP contribution is 2.20. The predicted octanol–water partition coefficient (Wildman–Crippen LogP) is 2.99. The van der Waals surface area contributed by atoms with Crippen molar-refractivity contribution in [3.05, 3.63) is 66.2 Å². The van der Waals surface area contributed by atoms with Crippen molar-refractivity contribution in [1.82, 2.24) is 10.6 Å². The molecule has 0 spiro atoms. The summed E-state index contributed by atoms with van der Waals surface area (Å²) < 4.78 is 5.51. The molecule has 1 heterocycles. The molecule has 1 amide bonds. The van der Waals surface area contributed by atoms with Crippen LogP contribution in [0.2, 0.25) is 0 Å². The van der Waals surface area contributed by atoms with Gasteiger partial charge >= 0.3 is 6.09 Å². The van der Waals surface area contributed by atoms with Gasteiger partial charge in [0.25, 0.3) is 0 Å². The number of amides is 1. The van der Waals surface area contributed by atoms with Crippen LogP contribution in [0.5, 0.6) is 0 Å². The first-order valence-electron chi connectivity index (χ1n) is 10.1. The fraction of sp³-hybridized carbons (Fsp3) is 0.391. The number of ether oxygens (including phenoxy) is 1. The lowest BCUT2D eigenvalue weighted by molar-refractivity contribution is -0.121. The summed E-state index contributed by atoms with van der Waals surface area (Å²) in [5, 5.41) is 6.50. The van der Waals surface area contributed by atoms with Crippen LogP contribution in [0.15, 0.2) is 60.7 Å². The number of rotatable bonds is 8. The lowest BCUT2D eigenvalue weighted by atomic mass is 9.87. The monoisotopic (exact) mass is 395 g/mol. The first-order chi connectivity index (χ1) is 14.2. The van der Waals surface area contributed by atoms with Crippen LogP contribution in [0.25, 0.3) is 0 Å². The number of carbonyl (C=O) groups excluding carboxylic acids is 2. The van der Waals surface area contributed by atoms with Crippen molar-refractivity contribution in [2.45, 2.75) is 25.5 Å². The van der Waals surface area contributed by atoms with E-state index < -0.39 is 6.09 Å². The largest absolute Gasteiger partial charge is 0.444 e. The zero-order chi connectivity index (χ0) is 20.5. The second-order valence-corrected chi connectivity index (χ2v) is 7.28. The minimum absolute atomic E-state index is 0.0000795. The Hall–Kier alpha value is -2.70. The SMILES string of the molecule is CNC(C(=O)CN(C(=O)OCc1ccccc1)c1ccccc1)C1CCNCC1. The average Bonchev–Trinajstić information content (AvgIpc) is 2.78. The maximum atomic E-state index is 13.1. The lowest BCUT2D eigenvalue weighted by Gasteiger charge is -2.31. The van der Waals surface area contributed by atoms with Crippen molar-refractivity contribution in [3.8, 4) is 0 Å². The van der Waals surface area contributed by atoms with Gasteiger partial charge in [-0.2, -0.15) is 0 Å². The molecule has 2 aromatic rings. The number of piperidine rings is 1. The van der Waals surface area contributed by atoms with Gasteiger partial charge in [-0.3, -0.25) is 9.69 Å². The van der Waals surface area contributed by atoms with Gasteiger partial charge in [-0.1, -0.05) is 48.5 Å². The summed E-state index contributed by atoms with van der Waals surface area (Å²) in [5.41, 5.74) is 1.56. The molecular weight excluding hydrogens is 366 g/mol. The third-order valence-electron chi connectivity index (χ3n) is 5.32. The fourth-order valence-electron chi connectivity index (χ4n) is 3.76. The first-order valence-corrected chi connectivity index (χ1v) is 10.1. The van der Waals surface area contributed by atoms with Gasteiger partial charge in [0, 0.05) is 5.69 Å². The highest BCUT2D eigenvalue weighted by atomic mass is 16.6. The smallest absolute Gasteiger partial charge is 0.415 e. The number of anilines is 1. The fourth-order valence-corrected chi connectivity index (χ4v) is 3.76. The Morgan fingerprint density at radius 3 is 2.31 bits per heavy atom. The molecule has 1 atom stereocenters. The summed E-state index contributed by atoms with van der Waals surface area (Å²) in [6, 6.07) is 18.5. The minimum Gasteiger partial charge on any atom is -0.444 e. The van der Waals surface area contributed by atoms with Crippen LogP contribution in [0.4, 0.5) is 10.5 Å². The van der Waals surface area contributed by atoms with E-state index in [9.17, 15) is 9.59 Å². The number of nitrogens with one attached hydrogen (secondary N) is 2. The maximum Gasteiger partial charge on any atom is 0.415 e. The van der Waals surface area contributed by atoms with Crippen LogP contribution in [0.1, 0.15) is 18.4 Å². The normalized spacial score (nSPS) is 15.5. The number of Topliss-reactive ketones (excluding diaryl/α,β-unsaturated/α-hetero) is 1. The lowest BCUT2D eigenvalue weighted by Crippen LogP contribution is -2.49. The van der Waals surface area contributed by atoms with Gasteiger partial charge in [0.05, 0.1) is 12.6 Å². The highest BCUT2D eigenvalue weighted by Gasteiger charge is 2.31. The molecule has 6 heteroatoms. The molecule has 1 aliphatic heterocycles. The van der Waals surface area contributed by atoms with Gasteiger partial charge in [-0.25, -0.2) is 4.79 Å². The molecule has 1 aliphatic rings. The summed E-state index contributed by atoms with van der Waals surface area (Å²) in [7, 11) is 1.81. The Morgan fingerprint density at radius 2 is 1.69 bits per heavy atom. The van der Waals surface area contributed by atoms with Crippen molar-refractivity contribution in [2.75, 3.05) is 31.6 Å². The van der Waals surface area contributed by atoms with Crippen LogP contribution in [-0.2, 0) is 16.1 Å². The van der Waals surface area contributed by atoms with Gasteiger partial charge in [-0.15, -0.1) is 0 Å². The summed E-state index contributed by atoms with van der Waals surface area (Å²) in [4.78, 5) is 27.4. The van der Waals surface area contributed by atoms with Crippen LogP contribution in [-0.4, -0.2) is 44.6 Å². The molecule has 2 N–H and O–H groups in total. The van der Waals surface area contributed by atoms with E-state index in [2.05, 4.69) is 10.6 Å². The molecule has 0 aliphatic carbocycles. The molecule has 6 nitrogen and oxygen atoms in total. The van der Waals surface area contributed by atoms with E-state index in [1.807, 2.05) is 67.7 Å². The maximum absolute atomic E-state index is 13.1. The van der Waals surface area contributed by atoms with Gasteiger partial charge < -0.3 is 15.4 Å². The summed E-state index contributed by atoms with van der Waals surface area (Å²) in [5.74, 6) is 0.270. The Labute approximate surface area is 172 Å². The van der Waals surface area contributed by atoms with Crippen LogP contribution >= 0.6 is 0 Å². The second-order valence-electron chi connectivity index (χ2n) is 7.28. The second kappa shape index (κ2) is 10.7. The molecule has 0 saturated carbocycles. The Kier molecular flexibility index (Phi) is 7.78. The third kappa shape index (κ3) is 5.89. The molecule has 0 aromatic heterocycles. The van der Waals surface area contributed by atoms with Crippen LogP contribution in [0.3, 0.4) is 0 Å². The van der Waals surface area contributed by atoms with Crippen LogP contribution < -0.4 is 15.5 Å². The summed E-state index contributed by atoms with van der Waals surface area (Å²) in [6.07, 6.45) is 1.37. The standard InChI is InChI=1S/C23H29N3O3/c1-24-22(19-12-14-25-15-13-19)21(27)16-26(20-10-6-3-7-11-20)23(28)29-17-18-8-4-2-5-9-18/h2-11,19,22,24-25H,12-17H2,1H3. The highest BCUT2D eigenvalue weighted by molar-refractivity contribution is 5.97. The number of para-hydroxylation sites is 1. The van der Waals surface area contributed by atoms with Gasteiger partial charge in [-0.05, 0) is 56.6 Å². The van der Waals surface area contributed by atoms with E-state index in [1.54, 1.807) is 0 Å². The number of carbonyl (C=O) groups is 2. The number of nitrogens with zero attached hydrogens (tertiary/aromatic N) is 1. The zero-order valence-corrected chi connectivity index (χ0v) is 16.8. The van der Waals surface area contributed by atoms with E-state index >= 15 is 0 Å². The van der Waals surface area contributed by atoms with Crippen molar-refractivity contribution in [2.24, 2.45) is 5.92 Å². The Morgan fingerprint density at radius 1 is 1.07 bits per heavy atom. The Balaban J connectivity index is 1.71. The topological polar surface area (TPSA) is 70.7 Å². The molecule has 29 heavy (non-hydrogen) atoms. The molecule has 1 fully saturated rings. The number of hydrogen-bond donors (Lipinski definition) is 2. The van der Waals surface area contributed by atoms with Gasteiger partial charge in [0.2, 0.25) is 0 Å². The van der Waals surface area contributed by atoms with Crippen LogP contribution in [0, 0.1) is 5.92 Å². The number of benzene rings is 2. The predicted molar refractivity (Wildman–Crippen MR) is 114 cm³/mol. The van der Waals surface area contributed by atoms with Crippen molar-refractivity contribution in [1.29, 1.82) is 0 Å². The number of ketones is 1. The van der Waals surface area contributed by atoms with Crippen molar-refractivity contribution < 1.29 is 14.3 Å². The number of hydrogen-bond acceptors (Lipinski definition) is 5. The molecular formula is C23H29N3O3.